The van der Waals surface area contributed by atoms with Crippen molar-refractivity contribution in [3.05, 3.63) is 56.2 Å². The smallest absolute Gasteiger partial charge is 0.478 e. The van der Waals surface area contributed by atoms with Crippen LogP contribution in [0.1, 0.15) is 51.4 Å². The number of carboxylic acids is 1. The van der Waals surface area contributed by atoms with Gasteiger partial charge in [-0.15, -0.1) is 12.0 Å². The Kier molecular flexibility index (Phi) is 11.7. The molecule has 0 spiro atoms. The van der Waals surface area contributed by atoms with Crippen LogP contribution in [0.5, 0.6) is 0 Å². The molecule has 0 aliphatic heterocycles. The Morgan fingerprint density at radius 2 is 1.67 bits per heavy atom. The molecule has 3 aliphatic carbocycles. The molecule has 1 N–H and O–H groups in total. The van der Waals surface area contributed by atoms with Gasteiger partial charge in [0, 0.05) is 6.08 Å². The molecule has 115 valence electrons. The van der Waals surface area contributed by atoms with Gasteiger partial charge in [-0.1, -0.05) is 31.4 Å². The maximum absolute atomic E-state index is 9.25. The van der Waals surface area contributed by atoms with Crippen LogP contribution in [-0.2, 0) is 26.5 Å². The first-order chi connectivity index (χ1) is 8.72. The summed E-state index contributed by atoms with van der Waals surface area (Å²) in [6, 6.07) is 0. The minimum Gasteiger partial charge on any atom is -0.478 e. The van der Waals surface area contributed by atoms with Crippen molar-refractivity contribution in [1.82, 2.24) is 0 Å². The van der Waals surface area contributed by atoms with E-state index in [4.69, 9.17) is 5.11 Å². The van der Waals surface area contributed by atoms with Crippen LogP contribution in [0.3, 0.4) is 0 Å². The van der Waals surface area contributed by atoms with Gasteiger partial charge in [-0.25, -0.2) is 16.8 Å². The molecule has 0 aromatic carbocycles. The topological polar surface area (TPSA) is 37.3 Å². The molecule has 0 saturated carbocycles. The molecule has 0 atom stereocenters. The first kappa shape index (κ1) is 22.6. The first-order valence-electron chi connectivity index (χ1n) is 6.84. The van der Waals surface area contributed by atoms with E-state index in [1.165, 1.54) is 51.4 Å². The summed E-state index contributed by atoms with van der Waals surface area (Å²) >= 11 is 0. The fraction of sp³-hybridized carbons (Fsp3) is 0.444. The van der Waals surface area contributed by atoms with E-state index in [2.05, 4.69) is 13.0 Å². The van der Waals surface area contributed by atoms with Gasteiger partial charge in [-0.3, -0.25) is 0 Å². The summed E-state index contributed by atoms with van der Waals surface area (Å²) in [5.41, 5.74) is 7.06. The van der Waals surface area contributed by atoms with E-state index in [1.54, 1.807) is 22.3 Å². The van der Waals surface area contributed by atoms with Crippen LogP contribution in [0, 0.1) is 21.3 Å². The normalized spacial score (nSPS) is 18.3. The molecule has 3 aliphatic rings. The van der Waals surface area contributed by atoms with Crippen molar-refractivity contribution in [2.45, 2.75) is 51.4 Å². The maximum Gasteiger partial charge on any atom is 3.00 e. The van der Waals surface area contributed by atoms with Gasteiger partial charge in [0.1, 0.15) is 0 Å². The molecule has 21 heavy (non-hydrogen) atoms. The number of fused-ring (bicyclic) bond motifs is 1. The van der Waals surface area contributed by atoms with Crippen LogP contribution >= 0.6 is 0 Å². The van der Waals surface area contributed by atoms with Crippen molar-refractivity contribution in [1.29, 1.82) is 0 Å². The third-order valence-electron chi connectivity index (χ3n) is 3.93. The van der Waals surface area contributed by atoms with E-state index in [0.717, 1.165) is 6.08 Å². The Labute approximate surface area is 145 Å². The SMILES string of the molecule is C=CC(=O)O.[CH-]1CCCC2=C1CC1=C2CCCC1.[CH3-].[CH3-].[Ti+3]. The van der Waals surface area contributed by atoms with Crippen molar-refractivity contribution in [2.24, 2.45) is 0 Å². The van der Waals surface area contributed by atoms with Gasteiger partial charge in [0.05, 0.1) is 0 Å². The number of carbonyl (C=O) groups is 1. The van der Waals surface area contributed by atoms with E-state index in [9.17, 15) is 4.79 Å². The number of hydrogen-bond donors (Lipinski definition) is 1. The van der Waals surface area contributed by atoms with Gasteiger partial charge >= 0.3 is 27.7 Å². The molecule has 0 bridgehead atoms. The second kappa shape index (κ2) is 10.9. The number of carboxylic acid groups (broad SMARTS) is 1. The second-order valence-corrected chi connectivity index (χ2v) is 5.11. The molecule has 0 fully saturated rings. The average molecular weight is 323 g/mol. The number of rotatable bonds is 1. The van der Waals surface area contributed by atoms with E-state index in [1.807, 2.05) is 0 Å². The minimum absolute atomic E-state index is 0. The molecular formula is C18H27O2Ti. The minimum atomic E-state index is -0.981. The molecule has 3 heteroatoms. The summed E-state index contributed by atoms with van der Waals surface area (Å²) in [5, 5.41) is 7.60. The van der Waals surface area contributed by atoms with E-state index < -0.39 is 5.97 Å². The van der Waals surface area contributed by atoms with Crippen molar-refractivity contribution < 1.29 is 31.6 Å². The Morgan fingerprint density at radius 1 is 1.10 bits per heavy atom. The molecule has 3 rings (SSSR count). The molecule has 0 amide bonds. The third-order valence-corrected chi connectivity index (χ3v) is 3.93. The Morgan fingerprint density at radius 3 is 2.29 bits per heavy atom. The Bertz CT molecular complexity index is 389. The monoisotopic (exact) mass is 323 g/mol. The molecule has 0 aromatic rings. The number of hydrogen-bond acceptors (Lipinski definition) is 1. The molecule has 0 heterocycles. The van der Waals surface area contributed by atoms with Crippen LogP contribution in [0.25, 0.3) is 0 Å². The molecule has 2 nitrogen and oxygen atoms in total. The van der Waals surface area contributed by atoms with Crippen LogP contribution in [0.15, 0.2) is 34.9 Å². The predicted molar refractivity (Wildman–Crippen MR) is 85.9 cm³/mol. The molecular weight excluding hydrogens is 296 g/mol. The van der Waals surface area contributed by atoms with E-state index in [-0.39, 0.29) is 36.6 Å². The molecule has 0 saturated heterocycles. The number of allylic oxidation sites excluding steroid dienone is 4. The molecule has 1 radical (unpaired) electrons. The maximum atomic E-state index is 9.25. The van der Waals surface area contributed by atoms with Gasteiger partial charge in [-0.2, -0.15) is 5.57 Å². The van der Waals surface area contributed by atoms with Crippen molar-refractivity contribution in [3.63, 3.8) is 0 Å². The van der Waals surface area contributed by atoms with Crippen molar-refractivity contribution in [3.8, 4) is 0 Å². The zero-order valence-electron chi connectivity index (χ0n) is 13.4. The quantitative estimate of drug-likeness (QED) is 0.414. The van der Waals surface area contributed by atoms with Crippen LogP contribution in [0.2, 0.25) is 0 Å². The average Bonchev–Trinajstić information content (AvgIpc) is 2.78. The third kappa shape index (κ3) is 5.88. The van der Waals surface area contributed by atoms with Crippen molar-refractivity contribution >= 4 is 5.97 Å². The summed E-state index contributed by atoms with van der Waals surface area (Å²) in [7, 11) is 0. The van der Waals surface area contributed by atoms with Crippen LogP contribution < -0.4 is 0 Å². The summed E-state index contributed by atoms with van der Waals surface area (Å²) in [6.07, 6.45) is 14.4. The summed E-state index contributed by atoms with van der Waals surface area (Å²) < 4.78 is 0. The number of aliphatic carboxylic acids is 1. The standard InChI is InChI=1S/C13H17.C3H4O2.2CH3.Ti/c1-3-7-12-10(5-1)9-11-6-2-4-8-13(11)12;1-2-3(4)5;;;/h5H,1-4,6-9H2;2H,1H2,(H,4,5);2*1H3;/q-1;;2*-1;+3. The van der Waals surface area contributed by atoms with Gasteiger partial charge in [0.25, 0.3) is 0 Å². The van der Waals surface area contributed by atoms with Crippen LogP contribution in [-0.4, -0.2) is 11.1 Å². The summed E-state index contributed by atoms with van der Waals surface area (Å²) in [4.78, 5) is 9.25. The Balaban J connectivity index is 0. The van der Waals surface area contributed by atoms with E-state index in [0.29, 0.717) is 0 Å². The fourth-order valence-electron chi connectivity index (χ4n) is 3.12. The fourth-order valence-corrected chi connectivity index (χ4v) is 3.12. The van der Waals surface area contributed by atoms with Crippen molar-refractivity contribution in [2.75, 3.05) is 0 Å². The zero-order valence-corrected chi connectivity index (χ0v) is 14.9. The van der Waals surface area contributed by atoms with Gasteiger partial charge < -0.3 is 20.0 Å². The molecule has 0 unspecified atom stereocenters. The molecule has 0 aromatic heterocycles. The van der Waals surface area contributed by atoms with Gasteiger partial charge in [-0.05, 0) is 25.7 Å². The largest absolute Gasteiger partial charge is 3.00 e. The first-order valence-corrected chi connectivity index (χ1v) is 6.84. The van der Waals surface area contributed by atoms with Gasteiger partial charge in [0.15, 0.2) is 0 Å². The zero-order chi connectivity index (χ0) is 13.0. The van der Waals surface area contributed by atoms with E-state index >= 15 is 0 Å². The second-order valence-electron chi connectivity index (χ2n) is 5.11. The predicted octanol–water partition coefficient (Wildman–Crippen LogP) is 5.10. The summed E-state index contributed by atoms with van der Waals surface area (Å²) in [6.45, 7) is 2.96. The summed E-state index contributed by atoms with van der Waals surface area (Å²) in [5.74, 6) is -0.981. The van der Waals surface area contributed by atoms with Gasteiger partial charge in [0.2, 0.25) is 0 Å². The Hall–Kier alpha value is -0.726. The van der Waals surface area contributed by atoms with Crippen LogP contribution in [0.4, 0.5) is 0 Å².